The maximum absolute atomic E-state index is 11.7. The van der Waals surface area contributed by atoms with Gasteiger partial charge in [0, 0.05) is 0 Å². The van der Waals surface area contributed by atoms with Crippen molar-refractivity contribution in [3.8, 4) is 0 Å². The number of carboxylic acid groups (broad SMARTS) is 4. The standard InChI is InChI=1S/C12H14O13/c13-4(1-7(14)15)11(22)25-6(3-9(18)19)12(23)24-5(10(20)21)2-8(16)17/h4-6,13H,1-3H2,(H,14,15)(H,16,17)(H,18,19)(H,20,21). The van der Waals surface area contributed by atoms with E-state index in [0.29, 0.717) is 0 Å². The van der Waals surface area contributed by atoms with Gasteiger partial charge in [0.05, 0.1) is 19.3 Å². The van der Waals surface area contributed by atoms with Gasteiger partial charge in [-0.1, -0.05) is 0 Å². The fourth-order valence-corrected chi connectivity index (χ4v) is 1.35. The molecule has 13 nitrogen and oxygen atoms in total. The molecule has 25 heavy (non-hydrogen) atoms. The van der Waals surface area contributed by atoms with Crippen molar-refractivity contribution in [3.05, 3.63) is 0 Å². The lowest BCUT2D eigenvalue weighted by Crippen LogP contribution is -2.39. The first-order valence-corrected chi connectivity index (χ1v) is 6.41. The van der Waals surface area contributed by atoms with Gasteiger partial charge < -0.3 is 35.0 Å². The van der Waals surface area contributed by atoms with Crippen molar-refractivity contribution in [3.63, 3.8) is 0 Å². The summed E-state index contributed by atoms with van der Waals surface area (Å²) in [7, 11) is 0. The largest absolute Gasteiger partial charge is 0.481 e. The molecule has 0 bridgehead atoms. The van der Waals surface area contributed by atoms with E-state index < -0.39 is 73.4 Å². The molecule has 0 radical (unpaired) electrons. The van der Waals surface area contributed by atoms with E-state index in [1.165, 1.54) is 0 Å². The van der Waals surface area contributed by atoms with Gasteiger partial charge in [-0.25, -0.2) is 14.4 Å². The Labute approximate surface area is 138 Å². The van der Waals surface area contributed by atoms with Gasteiger partial charge in [0.15, 0.2) is 6.10 Å². The summed E-state index contributed by atoms with van der Waals surface area (Å²) in [6, 6.07) is 0. The van der Waals surface area contributed by atoms with E-state index in [2.05, 4.69) is 9.47 Å². The van der Waals surface area contributed by atoms with E-state index in [0.717, 1.165) is 0 Å². The first kappa shape index (κ1) is 21.8. The Morgan fingerprint density at radius 2 is 1.04 bits per heavy atom. The zero-order valence-corrected chi connectivity index (χ0v) is 12.4. The Morgan fingerprint density at radius 1 is 0.640 bits per heavy atom. The minimum absolute atomic E-state index is 1.09. The normalized spacial score (nSPS) is 13.8. The Morgan fingerprint density at radius 3 is 1.44 bits per heavy atom. The Kier molecular flexibility index (Phi) is 8.55. The highest BCUT2D eigenvalue weighted by Gasteiger charge is 2.34. The number of aliphatic carboxylic acids is 4. The molecule has 0 aliphatic carbocycles. The van der Waals surface area contributed by atoms with Crippen molar-refractivity contribution in [2.75, 3.05) is 0 Å². The van der Waals surface area contributed by atoms with Gasteiger partial charge in [-0.05, 0) is 0 Å². The Balaban J connectivity index is 5.11. The van der Waals surface area contributed by atoms with E-state index in [4.69, 9.17) is 20.4 Å². The number of esters is 2. The summed E-state index contributed by atoms with van der Waals surface area (Å²) in [5.41, 5.74) is 0. The maximum Gasteiger partial charge on any atom is 0.348 e. The van der Waals surface area contributed by atoms with Crippen LogP contribution < -0.4 is 0 Å². The molecule has 0 spiro atoms. The molecule has 0 saturated heterocycles. The molecule has 3 unspecified atom stereocenters. The number of hydrogen-bond donors (Lipinski definition) is 5. The smallest absolute Gasteiger partial charge is 0.348 e. The summed E-state index contributed by atoms with van der Waals surface area (Å²) in [6.45, 7) is 0. The van der Waals surface area contributed by atoms with Crippen LogP contribution in [-0.4, -0.2) is 79.7 Å². The molecule has 13 heteroatoms. The van der Waals surface area contributed by atoms with Gasteiger partial charge >= 0.3 is 35.8 Å². The number of rotatable bonds is 11. The van der Waals surface area contributed by atoms with E-state index in [1.54, 1.807) is 0 Å². The van der Waals surface area contributed by atoms with Gasteiger partial charge in [0.2, 0.25) is 12.2 Å². The van der Waals surface area contributed by atoms with Crippen LogP contribution in [0.4, 0.5) is 0 Å². The highest BCUT2D eigenvalue weighted by molar-refractivity contribution is 5.88. The van der Waals surface area contributed by atoms with Gasteiger partial charge in [0.1, 0.15) is 0 Å². The second-order valence-corrected chi connectivity index (χ2v) is 4.50. The molecule has 0 aromatic carbocycles. The molecule has 0 aliphatic rings. The van der Waals surface area contributed by atoms with Gasteiger partial charge in [-0.15, -0.1) is 0 Å². The van der Waals surface area contributed by atoms with E-state index in [9.17, 15) is 33.9 Å². The summed E-state index contributed by atoms with van der Waals surface area (Å²) in [5.74, 6) is -10.1. The third-order valence-electron chi connectivity index (χ3n) is 2.42. The maximum atomic E-state index is 11.7. The predicted molar refractivity (Wildman–Crippen MR) is 70.2 cm³/mol. The molecule has 0 heterocycles. The van der Waals surface area contributed by atoms with Crippen LogP contribution in [0.5, 0.6) is 0 Å². The first-order valence-electron chi connectivity index (χ1n) is 6.41. The molecule has 140 valence electrons. The van der Waals surface area contributed by atoms with Crippen LogP contribution in [0, 0.1) is 0 Å². The number of aliphatic hydroxyl groups excluding tert-OH is 1. The molecule has 5 N–H and O–H groups in total. The quantitative estimate of drug-likeness (QED) is 0.242. The first-order chi connectivity index (χ1) is 11.4. The van der Waals surface area contributed by atoms with Crippen LogP contribution in [0.2, 0.25) is 0 Å². The van der Waals surface area contributed by atoms with Gasteiger partial charge in [-0.2, -0.15) is 0 Å². The minimum atomic E-state index is -2.22. The molecule has 0 aliphatic heterocycles. The van der Waals surface area contributed by atoms with Crippen molar-refractivity contribution < 1.29 is 63.8 Å². The molecule has 0 saturated carbocycles. The number of aliphatic hydroxyl groups is 1. The third-order valence-corrected chi connectivity index (χ3v) is 2.42. The highest BCUT2D eigenvalue weighted by Crippen LogP contribution is 2.10. The van der Waals surface area contributed by atoms with Crippen LogP contribution in [-0.2, 0) is 38.2 Å². The van der Waals surface area contributed by atoms with Crippen LogP contribution in [0.1, 0.15) is 19.3 Å². The van der Waals surface area contributed by atoms with Crippen molar-refractivity contribution in [1.29, 1.82) is 0 Å². The van der Waals surface area contributed by atoms with Crippen LogP contribution >= 0.6 is 0 Å². The molecule has 0 rings (SSSR count). The monoisotopic (exact) mass is 366 g/mol. The van der Waals surface area contributed by atoms with Crippen LogP contribution in [0.3, 0.4) is 0 Å². The van der Waals surface area contributed by atoms with Crippen molar-refractivity contribution in [2.24, 2.45) is 0 Å². The third kappa shape index (κ3) is 8.85. The second-order valence-electron chi connectivity index (χ2n) is 4.50. The van der Waals surface area contributed by atoms with Crippen molar-refractivity contribution in [1.82, 2.24) is 0 Å². The molecular formula is C12H14O13. The lowest BCUT2D eigenvalue weighted by atomic mass is 10.2. The number of carbonyl (C=O) groups is 6. The molecule has 0 amide bonds. The molecule has 0 aromatic heterocycles. The Bertz CT molecular complexity index is 565. The van der Waals surface area contributed by atoms with Crippen LogP contribution in [0.15, 0.2) is 0 Å². The fraction of sp³-hybridized carbons (Fsp3) is 0.500. The zero-order chi connectivity index (χ0) is 19.7. The lowest BCUT2D eigenvalue weighted by molar-refractivity contribution is -0.183. The van der Waals surface area contributed by atoms with Gasteiger partial charge in [-0.3, -0.25) is 14.4 Å². The number of carboxylic acids is 4. The van der Waals surface area contributed by atoms with Gasteiger partial charge in [0.25, 0.3) is 0 Å². The summed E-state index contributed by atoms with van der Waals surface area (Å²) in [4.78, 5) is 65.5. The van der Waals surface area contributed by atoms with E-state index in [1.807, 2.05) is 0 Å². The zero-order valence-electron chi connectivity index (χ0n) is 12.4. The number of hydrogen-bond acceptors (Lipinski definition) is 9. The summed E-state index contributed by atoms with van der Waals surface area (Å²) < 4.78 is 8.61. The van der Waals surface area contributed by atoms with Crippen molar-refractivity contribution >= 4 is 35.8 Å². The average molecular weight is 366 g/mol. The topological polar surface area (TPSA) is 222 Å². The fourth-order valence-electron chi connectivity index (χ4n) is 1.35. The van der Waals surface area contributed by atoms with E-state index >= 15 is 0 Å². The van der Waals surface area contributed by atoms with E-state index in [-0.39, 0.29) is 0 Å². The Hall–Kier alpha value is -3.22. The minimum Gasteiger partial charge on any atom is -0.481 e. The average Bonchev–Trinajstić information content (AvgIpc) is 2.43. The molecule has 0 fully saturated rings. The molecular weight excluding hydrogens is 352 g/mol. The lowest BCUT2D eigenvalue weighted by Gasteiger charge is -2.19. The summed E-state index contributed by atoms with van der Waals surface area (Å²) in [6.07, 6.45) is -10.0. The molecule has 0 aromatic rings. The SMILES string of the molecule is O=C(O)CC(O)C(=O)OC(CC(=O)O)C(=O)OC(CC(=O)O)C(=O)O. The second kappa shape index (κ2) is 9.82. The molecule has 3 atom stereocenters. The number of ether oxygens (including phenoxy) is 2. The van der Waals surface area contributed by atoms with Crippen LogP contribution in [0.25, 0.3) is 0 Å². The highest BCUT2D eigenvalue weighted by atomic mass is 16.6. The summed E-state index contributed by atoms with van der Waals surface area (Å²) >= 11 is 0. The number of carbonyl (C=O) groups excluding carboxylic acids is 2. The summed E-state index contributed by atoms with van der Waals surface area (Å²) in [5, 5.41) is 43.5. The predicted octanol–water partition coefficient (Wildman–Crippen LogP) is -2.32. The van der Waals surface area contributed by atoms with Crippen molar-refractivity contribution in [2.45, 2.75) is 37.6 Å².